The second-order valence-electron chi connectivity index (χ2n) is 3.92. The van der Waals surface area contributed by atoms with E-state index in [9.17, 15) is 9.59 Å². The van der Waals surface area contributed by atoms with Gasteiger partial charge in [-0.2, -0.15) is 0 Å². The Balaban J connectivity index is 2.21. The van der Waals surface area contributed by atoms with Crippen LogP contribution in [0.1, 0.15) is 10.4 Å². The molecule has 6 heteroatoms. The van der Waals surface area contributed by atoms with Crippen molar-refractivity contribution in [3.63, 3.8) is 0 Å². The van der Waals surface area contributed by atoms with Gasteiger partial charge < -0.3 is 21.7 Å². The van der Waals surface area contributed by atoms with E-state index in [4.69, 9.17) is 11.5 Å². The topological polar surface area (TPSA) is 101 Å². The number of anilines is 2. The smallest absolute Gasteiger partial charge is 0.256 e. The SMILES string of the molecule is Nc1ccc(C(=O)N2CCNC(=O)C2)c(N)c1. The van der Waals surface area contributed by atoms with Gasteiger partial charge in [-0.05, 0) is 18.2 Å². The summed E-state index contributed by atoms with van der Waals surface area (Å²) in [6.45, 7) is 1.04. The summed E-state index contributed by atoms with van der Waals surface area (Å²) in [6, 6.07) is 4.74. The van der Waals surface area contributed by atoms with E-state index in [0.29, 0.717) is 30.0 Å². The van der Waals surface area contributed by atoms with Crippen molar-refractivity contribution >= 4 is 23.2 Å². The van der Waals surface area contributed by atoms with E-state index in [1.165, 1.54) is 11.0 Å². The number of nitrogens with two attached hydrogens (primary N) is 2. The highest BCUT2D eigenvalue weighted by Crippen LogP contribution is 2.17. The molecule has 0 atom stereocenters. The highest BCUT2D eigenvalue weighted by atomic mass is 16.2. The molecule has 0 saturated carbocycles. The van der Waals surface area contributed by atoms with Crippen LogP contribution in [0.25, 0.3) is 0 Å². The van der Waals surface area contributed by atoms with Crippen molar-refractivity contribution in [1.82, 2.24) is 10.2 Å². The Bertz CT molecular complexity index is 473. The third-order valence-electron chi connectivity index (χ3n) is 2.63. The molecule has 0 radical (unpaired) electrons. The molecule has 1 fully saturated rings. The Hall–Kier alpha value is -2.24. The Morgan fingerprint density at radius 2 is 2.12 bits per heavy atom. The number of carbonyl (C=O) groups is 2. The molecule has 1 aliphatic rings. The minimum atomic E-state index is -0.239. The van der Waals surface area contributed by atoms with Crippen LogP contribution >= 0.6 is 0 Å². The first kappa shape index (κ1) is 11.3. The molecular formula is C11H14N4O2. The number of carbonyl (C=O) groups excluding carboxylic acids is 2. The number of nitrogen functional groups attached to an aromatic ring is 2. The van der Waals surface area contributed by atoms with Crippen molar-refractivity contribution in [1.29, 1.82) is 0 Å². The summed E-state index contributed by atoms with van der Waals surface area (Å²) in [5, 5.41) is 2.66. The van der Waals surface area contributed by atoms with Gasteiger partial charge in [0.1, 0.15) is 0 Å². The molecule has 1 aromatic rings. The normalized spacial score (nSPS) is 15.5. The van der Waals surface area contributed by atoms with Crippen LogP contribution in [0.5, 0.6) is 0 Å². The minimum absolute atomic E-state index is 0.0721. The molecule has 1 aliphatic heterocycles. The van der Waals surface area contributed by atoms with E-state index in [1.807, 2.05) is 0 Å². The van der Waals surface area contributed by atoms with Gasteiger partial charge in [-0.25, -0.2) is 0 Å². The van der Waals surface area contributed by atoms with Crippen LogP contribution < -0.4 is 16.8 Å². The zero-order valence-electron chi connectivity index (χ0n) is 9.27. The van der Waals surface area contributed by atoms with Crippen molar-refractivity contribution in [3.8, 4) is 0 Å². The van der Waals surface area contributed by atoms with Gasteiger partial charge in [0.15, 0.2) is 0 Å². The van der Waals surface area contributed by atoms with Crippen LogP contribution in [-0.4, -0.2) is 36.3 Å². The number of nitrogens with one attached hydrogen (secondary N) is 1. The first-order chi connectivity index (χ1) is 8.08. The predicted octanol–water partition coefficient (Wildman–Crippen LogP) is -0.577. The number of rotatable bonds is 1. The van der Waals surface area contributed by atoms with E-state index < -0.39 is 0 Å². The van der Waals surface area contributed by atoms with E-state index in [2.05, 4.69) is 5.32 Å². The third-order valence-corrected chi connectivity index (χ3v) is 2.63. The molecule has 2 amide bonds. The first-order valence-corrected chi connectivity index (χ1v) is 5.29. The van der Waals surface area contributed by atoms with Gasteiger partial charge in [-0.3, -0.25) is 9.59 Å². The fraction of sp³-hybridized carbons (Fsp3) is 0.273. The molecule has 90 valence electrons. The molecule has 0 spiro atoms. The second kappa shape index (κ2) is 4.32. The van der Waals surface area contributed by atoms with Crippen LogP contribution in [0.4, 0.5) is 11.4 Å². The molecule has 17 heavy (non-hydrogen) atoms. The number of piperazine rings is 1. The second-order valence-corrected chi connectivity index (χ2v) is 3.92. The number of benzene rings is 1. The summed E-state index contributed by atoms with van der Waals surface area (Å²) in [6.07, 6.45) is 0. The lowest BCUT2D eigenvalue weighted by Crippen LogP contribution is -2.50. The Morgan fingerprint density at radius 1 is 1.35 bits per heavy atom. The van der Waals surface area contributed by atoms with E-state index in [-0.39, 0.29) is 18.4 Å². The monoisotopic (exact) mass is 234 g/mol. The lowest BCUT2D eigenvalue weighted by molar-refractivity contribution is -0.123. The van der Waals surface area contributed by atoms with Crippen molar-refractivity contribution in [2.24, 2.45) is 0 Å². The van der Waals surface area contributed by atoms with Gasteiger partial charge in [0.25, 0.3) is 5.91 Å². The van der Waals surface area contributed by atoms with Crippen molar-refractivity contribution < 1.29 is 9.59 Å². The van der Waals surface area contributed by atoms with Crippen LogP contribution in [0.15, 0.2) is 18.2 Å². The molecule has 5 N–H and O–H groups in total. The number of amides is 2. The van der Waals surface area contributed by atoms with Gasteiger partial charge in [-0.1, -0.05) is 0 Å². The van der Waals surface area contributed by atoms with Crippen LogP contribution in [0, 0.1) is 0 Å². The van der Waals surface area contributed by atoms with E-state index in [1.54, 1.807) is 12.1 Å². The standard InChI is InChI=1S/C11H14N4O2/c12-7-1-2-8(9(13)5-7)11(17)15-4-3-14-10(16)6-15/h1-2,5H,3-4,6,12-13H2,(H,14,16). The minimum Gasteiger partial charge on any atom is -0.399 e. The maximum absolute atomic E-state index is 12.1. The maximum atomic E-state index is 12.1. The summed E-state index contributed by atoms with van der Waals surface area (Å²) in [5.41, 5.74) is 12.5. The third kappa shape index (κ3) is 2.30. The molecule has 1 heterocycles. The molecular weight excluding hydrogens is 220 g/mol. The van der Waals surface area contributed by atoms with E-state index >= 15 is 0 Å². The zero-order chi connectivity index (χ0) is 12.4. The Morgan fingerprint density at radius 3 is 2.76 bits per heavy atom. The summed E-state index contributed by atoms with van der Waals surface area (Å²) in [5.74, 6) is -0.393. The van der Waals surface area contributed by atoms with Gasteiger partial charge in [0.2, 0.25) is 5.91 Å². The molecule has 0 aromatic heterocycles. The Labute approximate surface area is 98.6 Å². The van der Waals surface area contributed by atoms with Gasteiger partial charge in [0.05, 0.1) is 12.1 Å². The summed E-state index contributed by atoms with van der Waals surface area (Å²) >= 11 is 0. The van der Waals surface area contributed by atoms with Crippen molar-refractivity contribution in [2.45, 2.75) is 0 Å². The average molecular weight is 234 g/mol. The summed E-state index contributed by atoms with van der Waals surface area (Å²) in [4.78, 5) is 24.8. The summed E-state index contributed by atoms with van der Waals surface area (Å²) in [7, 11) is 0. The van der Waals surface area contributed by atoms with Crippen LogP contribution in [-0.2, 0) is 4.79 Å². The molecule has 1 aromatic carbocycles. The molecule has 6 nitrogen and oxygen atoms in total. The summed E-state index contributed by atoms with van der Waals surface area (Å²) < 4.78 is 0. The zero-order valence-corrected chi connectivity index (χ0v) is 9.27. The lowest BCUT2D eigenvalue weighted by atomic mass is 10.1. The van der Waals surface area contributed by atoms with E-state index in [0.717, 1.165) is 0 Å². The fourth-order valence-electron chi connectivity index (χ4n) is 1.76. The fourth-order valence-corrected chi connectivity index (χ4v) is 1.76. The number of nitrogens with zero attached hydrogens (tertiary/aromatic N) is 1. The predicted molar refractivity (Wildman–Crippen MR) is 64.2 cm³/mol. The van der Waals surface area contributed by atoms with Gasteiger partial charge >= 0.3 is 0 Å². The largest absolute Gasteiger partial charge is 0.399 e. The van der Waals surface area contributed by atoms with Crippen LogP contribution in [0.2, 0.25) is 0 Å². The molecule has 0 bridgehead atoms. The van der Waals surface area contributed by atoms with Crippen LogP contribution in [0.3, 0.4) is 0 Å². The van der Waals surface area contributed by atoms with Crippen molar-refractivity contribution in [2.75, 3.05) is 31.1 Å². The van der Waals surface area contributed by atoms with Gasteiger partial charge in [0, 0.05) is 24.5 Å². The first-order valence-electron chi connectivity index (χ1n) is 5.29. The lowest BCUT2D eigenvalue weighted by Gasteiger charge is -2.27. The van der Waals surface area contributed by atoms with Gasteiger partial charge in [-0.15, -0.1) is 0 Å². The Kier molecular flexibility index (Phi) is 2.86. The maximum Gasteiger partial charge on any atom is 0.256 e. The van der Waals surface area contributed by atoms with Crippen molar-refractivity contribution in [3.05, 3.63) is 23.8 Å². The number of hydrogen-bond donors (Lipinski definition) is 3. The highest BCUT2D eigenvalue weighted by molar-refractivity contribution is 6.01. The molecule has 1 saturated heterocycles. The number of hydrogen-bond acceptors (Lipinski definition) is 4. The average Bonchev–Trinajstić information content (AvgIpc) is 2.28. The molecule has 0 aliphatic carbocycles. The molecule has 0 unspecified atom stereocenters. The highest BCUT2D eigenvalue weighted by Gasteiger charge is 2.23. The quantitative estimate of drug-likeness (QED) is 0.566. The molecule has 2 rings (SSSR count).